The molecule has 1 aromatic heterocycles. The van der Waals surface area contributed by atoms with Gasteiger partial charge in [0, 0.05) is 19.8 Å². The Morgan fingerprint density at radius 2 is 2.29 bits per heavy atom. The number of amides is 2. The maximum Gasteiger partial charge on any atom is 0.245 e. The van der Waals surface area contributed by atoms with E-state index in [2.05, 4.69) is 4.98 Å². The number of likely N-dealkylation sites (N-methyl/N-ethyl adjacent to an activating group) is 1. The monoisotopic (exact) mass is 307 g/mol. The van der Waals surface area contributed by atoms with Gasteiger partial charge in [-0.25, -0.2) is 4.98 Å². The third-order valence-electron chi connectivity index (χ3n) is 3.55. The van der Waals surface area contributed by atoms with Gasteiger partial charge in [-0.05, 0) is 37.2 Å². The zero-order valence-electron chi connectivity index (χ0n) is 11.9. The van der Waals surface area contributed by atoms with Gasteiger partial charge in [0.15, 0.2) is 0 Å². The normalized spacial score (nSPS) is 18.6. The van der Waals surface area contributed by atoms with Crippen molar-refractivity contribution in [2.75, 3.05) is 13.6 Å². The second-order valence-corrected chi connectivity index (χ2v) is 5.90. The molecule has 2 rings (SSSR count). The smallest absolute Gasteiger partial charge is 0.245 e. The van der Waals surface area contributed by atoms with Crippen LogP contribution in [0.2, 0.25) is 0 Å². The summed E-state index contributed by atoms with van der Waals surface area (Å²) in [5.74, 6) is -0.198. The fourth-order valence-corrected chi connectivity index (χ4v) is 2.83. The minimum Gasteiger partial charge on any atom is -0.337 e. The highest BCUT2D eigenvalue weighted by Gasteiger charge is 2.40. The lowest BCUT2D eigenvalue weighted by Crippen LogP contribution is -2.58. The Morgan fingerprint density at radius 3 is 2.81 bits per heavy atom. The van der Waals surface area contributed by atoms with E-state index in [1.54, 1.807) is 32.3 Å². The number of rotatable bonds is 5. The minimum absolute atomic E-state index is 0.0887. The van der Waals surface area contributed by atoms with Crippen LogP contribution in [0.15, 0.2) is 29.4 Å². The summed E-state index contributed by atoms with van der Waals surface area (Å²) in [6.45, 7) is 2.21. The number of thioether (sulfide) groups is 1. The van der Waals surface area contributed by atoms with Gasteiger partial charge >= 0.3 is 0 Å². The van der Waals surface area contributed by atoms with Crippen molar-refractivity contribution in [1.29, 1.82) is 0 Å². The molecule has 2 atom stereocenters. The molecule has 1 aliphatic rings. The first-order valence-corrected chi connectivity index (χ1v) is 7.46. The summed E-state index contributed by atoms with van der Waals surface area (Å²) < 4.78 is 0. The highest BCUT2D eigenvalue weighted by Crippen LogP contribution is 2.27. The molecule has 0 aliphatic carbocycles. The van der Waals surface area contributed by atoms with Crippen LogP contribution in [0, 0.1) is 0 Å². The number of nitrogens with zero attached hydrogens (tertiary/aromatic N) is 3. The van der Waals surface area contributed by atoms with Gasteiger partial charge in [-0.3, -0.25) is 14.4 Å². The molecule has 1 aliphatic heterocycles. The molecule has 0 radical (unpaired) electrons. The van der Waals surface area contributed by atoms with Gasteiger partial charge < -0.3 is 9.80 Å². The largest absolute Gasteiger partial charge is 0.337 e. The lowest BCUT2D eigenvalue weighted by atomic mass is 10.0. The first kappa shape index (κ1) is 15.5. The zero-order chi connectivity index (χ0) is 15.4. The number of hydrogen-bond acceptors (Lipinski definition) is 5. The average Bonchev–Trinajstić information content (AvgIpc) is 2.45. The molecule has 21 heavy (non-hydrogen) atoms. The van der Waals surface area contributed by atoms with Gasteiger partial charge in [0.1, 0.15) is 17.1 Å². The predicted molar refractivity (Wildman–Crippen MR) is 78.5 cm³/mol. The van der Waals surface area contributed by atoms with Gasteiger partial charge in [0.05, 0.1) is 0 Å². The number of pyridine rings is 1. The van der Waals surface area contributed by atoms with Gasteiger partial charge in [-0.1, -0.05) is 6.07 Å². The van der Waals surface area contributed by atoms with Crippen molar-refractivity contribution in [1.82, 2.24) is 14.8 Å². The van der Waals surface area contributed by atoms with Crippen LogP contribution in [0.1, 0.15) is 13.3 Å². The molecule has 7 heteroatoms. The van der Waals surface area contributed by atoms with Gasteiger partial charge in [0.2, 0.25) is 17.4 Å². The van der Waals surface area contributed by atoms with E-state index >= 15 is 0 Å². The quantitative estimate of drug-likeness (QED) is 0.594. The maximum atomic E-state index is 12.2. The van der Waals surface area contributed by atoms with Crippen molar-refractivity contribution >= 4 is 29.2 Å². The molecule has 0 aromatic carbocycles. The first-order chi connectivity index (χ1) is 10.0. The summed E-state index contributed by atoms with van der Waals surface area (Å²) in [4.78, 5) is 42.1. The molecule has 2 unspecified atom stereocenters. The molecule has 1 saturated heterocycles. The van der Waals surface area contributed by atoms with Gasteiger partial charge in [0.25, 0.3) is 0 Å². The van der Waals surface area contributed by atoms with Crippen LogP contribution in [0.3, 0.4) is 0 Å². The topological polar surface area (TPSA) is 70.6 Å². The van der Waals surface area contributed by atoms with Crippen molar-refractivity contribution in [3.8, 4) is 0 Å². The molecule has 0 N–H and O–H groups in total. The van der Waals surface area contributed by atoms with Crippen LogP contribution in [-0.4, -0.2) is 57.9 Å². The van der Waals surface area contributed by atoms with Crippen LogP contribution < -0.4 is 0 Å². The van der Waals surface area contributed by atoms with Crippen LogP contribution in [0.5, 0.6) is 0 Å². The molecular weight excluding hydrogens is 290 g/mol. The Bertz CT molecular complexity index is 538. The molecule has 2 amide bonds. The van der Waals surface area contributed by atoms with Crippen LogP contribution in [0.25, 0.3) is 0 Å². The van der Waals surface area contributed by atoms with Crippen LogP contribution in [0.4, 0.5) is 0 Å². The van der Waals surface area contributed by atoms with E-state index in [1.807, 2.05) is 6.07 Å². The summed E-state index contributed by atoms with van der Waals surface area (Å²) in [5.41, 5.74) is 0. The van der Waals surface area contributed by atoms with Crippen LogP contribution in [-0.2, 0) is 14.4 Å². The molecule has 112 valence electrons. The Hall–Kier alpha value is -1.89. The van der Waals surface area contributed by atoms with Gasteiger partial charge in [-0.15, -0.1) is 0 Å². The minimum atomic E-state index is -0.557. The number of hydrogen-bond donors (Lipinski definition) is 0. The van der Waals surface area contributed by atoms with E-state index in [1.165, 1.54) is 9.80 Å². The summed E-state index contributed by atoms with van der Waals surface area (Å²) in [7, 11) is 1.55. The van der Waals surface area contributed by atoms with Gasteiger partial charge in [-0.2, -0.15) is 0 Å². The van der Waals surface area contributed by atoms with Crippen molar-refractivity contribution < 1.29 is 14.4 Å². The Labute approximate surface area is 127 Å². The second-order valence-electron chi connectivity index (χ2n) is 4.87. The lowest BCUT2D eigenvalue weighted by molar-refractivity contribution is -0.148. The highest BCUT2D eigenvalue weighted by atomic mass is 32.2. The van der Waals surface area contributed by atoms with Crippen molar-refractivity contribution in [3.05, 3.63) is 24.4 Å². The fraction of sp³-hybridized carbons (Fsp3) is 0.429. The second kappa shape index (κ2) is 6.71. The number of aromatic nitrogens is 1. The molecule has 0 saturated carbocycles. The zero-order valence-corrected chi connectivity index (χ0v) is 12.7. The van der Waals surface area contributed by atoms with E-state index in [-0.39, 0.29) is 11.0 Å². The maximum absolute atomic E-state index is 12.2. The van der Waals surface area contributed by atoms with E-state index in [4.69, 9.17) is 0 Å². The standard InChI is InChI=1S/C14H17N3O3S/c1-10(16(2)9-18)13(19)17-8-6-11(17)14(20)21-12-5-3-4-7-15-12/h3-5,7,9-11H,6,8H2,1-2H3. The molecular formula is C14H17N3O3S. The highest BCUT2D eigenvalue weighted by molar-refractivity contribution is 8.13. The summed E-state index contributed by atoms with van der Waals surface area (Å²) in [6, 6.07) is 4.37. The van der Waals surface area contributed by atoms with E-state index < -0.39 is 12.1 Å². The van der Waals surface area contributed by atoms with Crippen molar-refractivity contribution in [3.63, 3.8) is 0 Å². The first-order valence-electron chi connectivity index (χ1n) is 6.65. The average molecular weight is 307 g/mol. The molecule has 1 fully saturated rings. The Morgan fingerprint density at radius 1 is 1.52 bits per heavy atom. The Balaban J connectivity index is 1.97. The molecule has 0 spiro atoms. The van der Waals surface area contributed by atoms with Crippen LogP contribution >= 0.6 is 11.8 Å². The summed E-state index contributed by atoms with van der Waals surface area (Å²) >= 11 is 1.05. The summed E-state index contributed by atoms with van der Waals surface area (Å²) in [6.07, 6.45) is 2.89. The third kappa shape index (κ3) is 3.41. The lowest BCUT2D eigenvalue weighted by Gasteiger charge is -2.41. The summed E-state index contributed by atoms with van der Waals surface area (Å²) in [5, 5.41) is 0.536. The van der Waals surface area contributed by atoms with E-state index in [0.717, 1.165) is 11.8 Å². The van der Waals surface area contributed by atoms with Crippen molar-refractivity contribution in [2.45, 2.75) is 30.5 Å². The number of carbonyl (C=O) groups excluding carboxylic acids is 3. The molecule has 1 aromatic rings. The number of carbonyl (C=O) groups is 3. The molecule has 2 heterocycles. The SMILES string of the molecule is CC(C(=O)N1CCC1C(=O)Sc1ccccn1)N(C)C=O. The fourth-order valence-electron chi connectivity index (χ4n) is 1.98. The molecule has 6 nitrogen and oxygen atoms in total. The Kier molecular flexibility index (Phi) is 4.95. The van der Waals surface area contributed by atoms with E-state index in [9.17, 15) is 14.4 Å². The number of likely N-dealkylation sites (tertiary alicyclic amines) is 1. The third-order valence-corrected chi connectivity index (χ3v) is 4.48. The predicted octanol–water partition coefficient (Wildman–Crippen LogP) is 0.778. The van der Waals surface area contributed by atoms with E-state index in [0.29, 0.717) is 24.4 Å². The van der Waals surface area contributed by atoms with Crippen molar-refractivity contribution in [2.24, 2.45) is 0 Å². The molecule has 0 bridgehead atoms.